The second-order valence-electron chi connectivity index (χ2n) is 7.42. The molecule has 9 heteroatoms. The molecule has 3 aromatic rings. The number of nitrogens with one attached hydrogen (secondary N) is 2. The van der Waals surface area contributed by atoms with E-state index >= 15 is 0 Å². The van der Waals surface area contributed by atoms with Gasteiger partial charge < -0.3 is 26.0 Å². The van der Waals surface area contributed by atoms with Crippen LogP contribution in [0.2, 0.25) is 0 Å². The van der Waals surface area contributed by atoms with Crippen molar-refractivity contribution in [2.45, 2.75) is 19.4 Å². The van der Waals surface area contributed by atoms with Crippen molar-refractivity contribution < 1.29 is 9.53 Å². The molecule has 0 aliphatic carbocycles. The lowest BCUT2D eigenvalue weighted by atomic mass is 10.2. The van der Waals surface area contributed by atoms with E-state index in [9.17, 15) is 10.1 Å². The number of hydrogen-bond donors (Lipinski definition) is 3. The summed E-state index contributed by atoms with van der Waals surface area (Å²) in [5, 5.41) is 16.3. The molecule has 1 aliphatic heterocycles. The molecule has 0 saturated carbocycles. The number of amides is 1. The number of carbonyl (C=O) groups excluding carboxylic acids is 1. The normalized spacial score (nSPS) is 15.5. The van der Waals surface area contributed by atoms with Gasteiger partial charge in [-0.1, -0.05) is 0 Å². The Hall–Kier alpha value is -4.06. The molecular formula is C22H23N7O2. The van der Waals surface area contributed by atoms with E-state index in [1.807, 2.05) is 18.2 Å². The Morgan fingerprint density at radius 3 is 2.87 bits per heavy atom. The highest BCUT2D eigenvalue weighted by molar-refractivity contribution is 5.92. The molecule has 2 heterocycles. The van der Waals surface area contributed by atoms with Crippen LogP contribution in [-0.2, 0) is 4.79 Å². The predicted octanol–water partition coefficient (Wildman–Crippen LogP) is 2.55. The summed E-state index contributed by atoms with van der Waals surface area (Å²) in [7, 11) is 1.61. The van der Waals surface area contributed by atoms with Crippen LogP contribution in [0.25, 0.3) is 10.9 Å². The number of fused-ring (bicyclic) bond motifs is 1. The molecule has 9 nitrogen and oxygen atoms in total. The van der Waals surface area contributed by atoms with Crippen molar-refractivity contribution in [2.24, 2.45) is 0 Å². The number of rotatable bonds is 5. The monoisotopic (exact) mass is 417 g/mol. The number of methoxy groups -OCH3 is 1. The number of hydrogen-bond acceptors (Lipinski definition) is 8. The second kappa shape index (κ2) is 8.36. The van der Waals surface area contributed by atoms with Crippen molar-refractivity contribution in [3.8, 4) is 11.8 Å². The smallest absolute Gasteiger partial charge is 0.229 e. The minimum absolute atomic E-state index is 0.0388. The highest BCUT2D eigenvalue weighted by atomic mass is 16.5. The van der Waals surface area contributed by atoms with Crippen LogP contribution in [0.3, 0.4) is 0 Å². The third-order valence-corrected chi connectivity index (χ3v) is 5.21. The van der Waals surface area contributed by atoms with Gasteiger partial charge in [0.05, 0.1) is 18.2 Å². The Kier molecular flexibility index (Phi) is 5.45. The molecule has 1 saturated heterocycles. The standard InChI is InChI=1S/C22H23N7O2/c1-13(30)25-16-7-8-29(12-16)21-18-5-4-17(31-2)10-20(18)27-22(28-21)26-15-3-6-19(24)14(9-15)11-23/h3-6,9-10,16H,7-8,12,24H2,1-2H3,(H,25,30)(H,26,27,28)/t16-/m0/s1. The Morgan fingerprint density at radius 1 is 1.29 bits per heavy atom. The Morgan fingerprint density at radius 2 is 2.13 bits per heavy atom. The zero-order chi connectivity index (χ0) is 22.0. The van der Waals surface area contributed by atoms with E-state index in [4.69, 9.17) is 15.5 Å². The minimum atomic E-state index is -0.0388. The summed E-state index contributed by atoms with van der Waals surface area (Å²) in [6.07, 6.45) is 0.841. The molecule has 4 N–H and O–H groups in total. The zero-order valence-electron chi connectivity index (χ0n) is 17.3. The molecular weight excluding hydrogens is 394 g/mol. The van der Waals surface area contributed by atoms with Crippen molar-refractivity contribution in [3.63, 3.8) is 0 Å². The third kappa shape index (κ3) is 4.28. The van der Waals surface area contributed by atoms with Crippen LogP contribution in [0.4, 0.5) is 23.1 Å². The zero-order valence-corrected chi connectivity index (χ0v) is 17.3. The van der Waals surface area contributed by atoms with Crippen molar-refractivity contribution in [1.82, 2.24) is 15.3 Å². The summed E-state index contributed by atoms with van der Waals surface area (Å²) in [4.78, 5) is 23.0. The number of anilines is 4. The van der Waals surface area contributed by atoms with Crippen LogP contribution < -0.4 is 26.0 Å². The van der Waals surface area contributed by atoms with Crippen LogP contribution >= 0.6 is 0 Å². The van der Waals surface area contributed by atoms with Gasteiger partial charge in [0.25, 0.3) is 0 Å². The molecule has 0 bridgehead atoms. The molecule has 0 radical (unpaired) electrons. The van der Waals surface area contributed by atoms with E-state index in [0.29, 0.717) is 35.2 Å². The van der Waals surface area contributed by atoms with Gasteiger partial charge in [-0.25, -0.2) is 4.98 Å². The van der Waals surface area contributed by atoms with Crippen LogP contribution in [0, 0.1) is 11.3 Å². The van der Waals surface area contributed by atoms with Gasteiger partial charge in [-0.3, -0.25) is 4.79 Å². The van der Waals surface area contributed by atoms with Gasteiger partial charge in [0.1, 0.15) is 17.6 Å². The van der Waals surface area contributed by atoms with E-state index < -0.39 is 0 Å². The van der Waals surface area contributed by atoms with E-state index in [1.165, 1.54) is 6.92 Å². The average molecular weight is 417 g/mol. The predicted molar refractivity (Wildman–Crippen MR) is 119 cm³/mol. The number of aromatic nitrogens is 2. The number of nitrogens with two attached hydrogens (primary N) is 1. The number of nitrogens with zero attached hydrogens (tertiary/aromatic N) is 4. The van der Waals surface area contributed by atoms with Crippen molar-refractivity contribution in [2.75, 3.05) is 36.1 Å². The van der Waals surface area contributed by atoms with Crippen LogP contribution in [-0.4, -0.2) is 42.1 Å². The first kappa shape index (κ1) is 20.2. The Balaban J connectivity index is 1.73. The SMILES string of the molecule is COc1ccc2c(N3CC[C@H](NC(C)=O)C3)nc(Nc3ccc(N)c(C#N)c3)nc2c1. The molecule has 4 rings (SSSR count). The lowest BCUT2D eigenvalue weighted by Crippen LogP contribution is -2.35. The fraction of sp³-hybridized carbons (Fsp3) is 0.273. The van der Waals surface area contributed by atoms with Crippen molar-refractivity contribution in [3.05, 3.63) is 42.0 Å². The number of nitriles is 1. The number of ether oxygens (including phenoxy) is 1. The number of nitrogen functional groups attached to an aromatic ring is 1. The lowest BCUT2D eigenvalue weighted by Gasteiger charge is -2.21. The first-order valence-electron chi connectivity index (χ1n) is 9.91. The fourth-order valence-electron chi connectivity index (χ4n) is 3.73. The van der Waals surface area contributed by atoms with Crippen molar-refractivity contribution >= 4 is 40.0 Å². The van der Waals surface area contributed by atoms with Gasteiger partial charge in [0, 0.05) is 48.9 Å². The van der Waals surface area contributed by atoms with Gasteiger partial charge in [-0.2, -0.15) is 10.2 Å². The maximum Gasteiger partial charge on any atom is 0.229 e. The minimum Gasteiger partial charge on any atom is -0.497 e. The third-order valence-electron chi connectivity index (χ3n) is 5.21. The van der Waals surface area contributed by atoms with Gasteiger partial charge in [-0.15, -0.1) is 0 Å². The summed E-state index contributed by atoms with van der Waals surface area (Å²) in [5.41, 5.74) is 8.01. The summed E-state index contributed by atoms with van der Waals surface area (Å²) >= 11 is 0. The van der Waals surface area contributed by atoms with E-state index in [2.05, 4.69) is 26.6 Å². The topological polar surface area (TPSA) is 129 Å². The van der Waals surface area contributed by atoms with Crippen LogP contribution in [0.5, 0.6) is 5.75 Å². The van der Waals surface area contributed by atoms with Gasteiger partial charge >= 0.3 is 0 Å². The summed E-state index contributed by atoms with van der Waals surface area (Å²) < 4.78 is 5.36. The quantitative estimate of drug-likeness (QED) is 0.540. The summed E-state index contributed by atoms with van der Waals surface area (Å²) in [6, 6.07) is 12.9. The first-order valence-corrected chi connectivity index (χ1v) is 9.91. The molecule has 1 aliphatic rings. The molecule has 1 atom stereocenters. The lowest BCUT2D eigenvalue weighted by molar-refractivity contribution is -0.119. The summed E-state index contributed by atoms with van der Waals surface area (Å²) in [6.45, 7) is 2.96. The van der Waals surface area contributed by atoms with Gasteiger partial charge in [-0.05, 0) is 36.8 Å². The van der Waals surface area contributed by atoms with Crippen LogP contribution in [0.1, 0.15) is 18.9 Å². The first-order chi connectivity index (χ1) is 15.0. The molecule has 2 aromatic carbocycles. The Bertz CT molecular complexity index is 1190. The second-order valence-corrected chi connectivity index (χ2v) is 7.42. The number of carbonyl (C=O) groups is 1. The maximum atomic E-state index is 11.4. The highest BCUT2D eigenvalue weighted by Gasteiger charge is 2.26. The van der Waals surface area contributed by atoms with E-state index in [0.717, 1.165) is 29.7 Å². The van der Waals surface area contributed by atoms with E-state index in [-0.39, 0.29) is 11.9 Å². The van der Waals surface area contributed by atoms with Gasteiger partial charge in [0.2, 0.25) is 11.9 Å². The largest absolute Gasteiger partial charge is 0.497 e. The molecule has 158 valence electrons. The molecule has 31 heavy (non-hydrogen) atoms. The van der Waals surface area contributed by atoms with Crippen molar-refractivity contribution in [1.29, 1.82) is 5.26 Å². The molecule has 0 unspecified atom stereocenters. The maximum absolute atomic E-state index is 11.4. The molecule has 1 fully saturated rings. The van der Waals surface area contributed by atoms with Gasteiger partial charge in [0.15, 0.2) is 0 Å². The fourth-order valence-corrected chi connectivity index (χ4v) is 3.73. The average Bonchev–Trinajstić information content (AvgIpc) is 3.21. The number of benzene rings is 2. The van der Waals surface area contributed by atoms with Crippen LogP contribution in [0.15, 0.2) is 36.4 Å². The van der Waals surface area contributed by atoms with E-state index in [1.54, 1.807) is 25.3 Å². The highest BCUT2D eigenvalue weighted by Crippen LogP contribution is 2.31. The molecule has 1 aromatic heterocycles. The Labute approximate surface area is 179 Å². The molecule has 1 amide bonds. The summed E-state index contributed by atoms with van der Waals surface area (Å²) in [5.74, 6) is 1.83. The molecule has 0 spiro atoms.